The maximum atomic E-state index is 11.6. The monoisotopic (exact) mass is 273 g/mol. The van der Waals surface area contributed by atoms with Crippen LogP contribution in [0.1, 0.15) is 31.9 Å². The molecular formula is C11H20N3O3P. The van der Waals surface area contributed by atoms with Gasteiger partial charge in [0, 0.05) is 24.0 Å². The Morgan fingerprint density at radius 3 is 2.50 bits per heavy atom. The van der Waals surface area contributed by atoms with Crippen LogP contribution in [-0.2, 0) is 4.57 Å². The minimum absolute atomic E-state index is 0.132. The fraction of sp³-hybridized carbons (Fsp3) is 0.545. The molecule has 0 aliphatic rings. The number of nitrogens with two attached hydrogens (primary N) is 2. The first-order valence-corrected chi connectivity index (χ1v) is 7.29. The first kappa shape index (κ1) is 15.3. The van der Waals surface area contributed by atoms with Gasteiger partial charge in [-0.1, -0.05) is 6.07 Å². The second-order valence-corrected chi connectivity index (χ2v) is 7.00. The van der Waals surface area contributed by atoms with E-state index in [2.05, 4.69) is 4.98 Å². The normalized spacial score (nSPS) is 16.3. The van der Waals surface area contributed by atoms with Crippen molar-refractivity contribution in [2.45, 2.75) is 37.5 Å². The van der Waals surface area contributed by atoms with Gasteiger partial charge < -0.3 is 21.3 Å². The lowest BCUT2D eigenvalue weighted by molar-refractivity contribution is 0.324. The van der Waals surface area contributed by atoms with Crippen molar-refractivity contribution in [1.29, 1.82) is 0 Å². The molecule has 0 saturated heterocycles. The summed E-state index contributed by atoms with van der Waals surface area (Å²) >= 11 is 0. The van der Waals surface area contributed by atoms with Crippen molar-refractivity contribution >= 4 is 7.60 Å². The zero-order chi connectivity index (χ0) is 14.0. The van der Waals surface area contributed by atoms with Gasteiger partial charge in [-0.3, -0.25) is 9.55 Å². The highest BCUT2D eigenvalue weighted by Crippen LogP contribution is 2.49. The van der Waals surface area contributed by atoms with E-state index < -0.39 is 24.8 Å². The van der Waals surface area contributed by atoms with Crippen molar-refractivity contribution in [2.24, 2.45) is 11.5 Å². The van der Waals surface area contributed by atoms with Crippen LogP contribution < -0.4 is 11.5 Å². The van der Waals surface area contributed by atoms with Crippen molar-refractivity contribution in [2.75, 3.05) is 0 Å². The van der Waals surface area contributed by atoms with E-state index in [1.165, 1.54) is 6.20 Å². The molecule has 1 rings (SSSR count). The molecule has 1 aromatic heterocycles. The SMILES string of the molecule is CC(C)(N)CC(C(N)c1cccnc1)P(=O)(O)O. The molecule has 0 fully saturated rings. The molecule has 1 heterocycles. The minimum Gasteiger partial charge on any atom is -0.326 e. The standard InChI is InChI=1S/C11H20N3O3P/c1-11(2,13)6-9(18(15,16)17)10(12)8-4-3-5-14-7-8/h3-5,7,9-10H,6,12-13H2,1-2H3,(H2,15,16,17). The highest BCUT2D eigenvalue weighted by atomic mass is 31.2. The smallest absolute Gasteiger partial charge is 0.326 e. The highest BCUT2D eigenvalue weighted by Gasteiger charge is 2.38. The molecule has 6 nitrogen and oxygen atoms in total. The third kappa shape index (κ3) is 4.48. The zero-order valence-corrected chi connectivity index (χ0v) is 11.4. The minimum atomic E-state index is -4.33. The van der Waals surface area contributed by atoms with E-state index in [1.54, 1.807) is 32.2 Å². The lowest BCUT2D eigenvalue weighted by Crippen LogP contribution is -2.40. The van der Waals surface area contributed by atoms with Crippen LogP contribution in [0.15, 0.2) is 24.5 Å². The van der Waals surface area contributed by atoms with Crippen molar-refractivity contribution < 1.29 is 14.4 Å². The Hall–Kier alpha value is -0.780. The van der Waals surface area contributed by atoms with Crippen LogP contribution in [0.3, 0.4) is 0 Å². The molecule has 102 valence electrons. The lowest BCUT2D eigenvalue weighted by atomic mass is 9.94. The molecule has 1 aromatic rings. The summed E-state index contributed by atoms with van der Waals surface area (Å²) in [6, 6.07) is 2.59. The van der Waals surface area contributed by atoms with E-state index in [1.807, 2.05) is 0 Å². The predicted molar refractivity (Wildman–Crippen MR) is 69.9 cm³/mol. The maximum absolute atomic E-state index is 11.6. The van der Waals surface area contributed by atoms with Crippen molar-refractivity contribution in [3.8, 4) is 0 Å². The summed E-state index contributed by atoms with van der Waals surface area (Å²) in [5.41, 5.74) is 10.7. The quantitative estimate of drug-likeness (QED) is 0.587. The Morgan fingerprint density at radius 1 is 1.50 bits per heavy atom. The third-order valence-corrected chi connectivity index (χ3v) is 4.02. The summed E-state index contributed by atoms with van der Waals surface area (Å²) in [7, 11) is -4.33. The van der Waals surface area contributed by atoms with Gasteiger partial charge in [0.15, 0.2) is 0 Å². The average molecular weight is 273 g/mol. The van der Waals surface area contributed by atoms with Crippen LogP contribution in [0.2, 0.25) is 0 Å². The van der Waals surface area contributed by atoms with Gasteiger partial charge in [-0.2, -0.15) is 0 Å². The largest absolute Gasteiger partial charge is 0.330 e. The highest BCUT2D eigenvalue weighted by molar-refractivity contribution is 7.52. The van der Waals surface area contributed by atoms with Gasteiger partial charge in [0.1, 0.15) is 0 Å². The lowest BCUT2D eigenvalue weighted by Gasteiger charge is -2.30. The number of rotatable bonds is 5. The number of pyridine rings is 1. The molecule has 0 radical (unpaired) electrons. The number of hydrogen-bond donors (Lipinski definition) is 4. The molecule has 7 heteroatoms. The molecule has 6 N–H and O–H groups in total. The average Bonchev–Trinajstić information content (AvgIpc) is 2.24. The summed E-state index contributed by atoms with van der Waals surface area (Å²) in [6.07, 6.45) is 3.22. The molecule has 0 saturated carbocycles. The second kappa shape index (κ2) is 5.47. The summed E-state index contributed by atoms with van der Waals surface area (Å²) in [5.74, 6) is 0. The van der Waals surface area contributed by atoms with Gasteiger partial charge in [-0.25, -0.2) is 0 Å². The van der Waals surface area contributed by atoms with Gasteiger partial charge in [-0.15, -0.1) is 0 Å². The Balaban J connectivity index is 3.01. The Kier molecular flexibility index (Phi) is 4.64. The summed E-state index contributed by atoms with van der Waals surface area (Å²) in [6.45, 7) is 3.43. The number of nitrogens with zero attached hydrogens (tertiary/aromatic N) is 1. The van der Waals surface area contributed by atoms with Crippen molar-refractivity contribution in [3.05, 3.63) is 30.1 Å². The fourth-order valence-electron chi connectivity index (χ4n) is 1.79. The van der Waals surface area contributed by atoms with E-state index in [9.17, 15) is 14.4 Å². The van der Waals surface area contributed by atoms with Gasteiger partial charge in [0.05, 0.1) is 5.66 Å². The molecule has 18 heavy (non-hydrogen) atoms. The van der Waals surface area contributed by atoms with Crippen LogP contribution in [0.4, 0.5) is 0 Å². The molecule has 2 unspecified atom stereocenters. The molecule has 0 amide bonds. The van der Waals surface area contributed by atoms with E-state index in [4.69, 9.17) is 11.5 Å². The van der Waals surface area contributed by atoms with E-state index in [-0.39, 0.29) is 6.42 Å². The number of hydrogen-bond acceptors (Lipinski definition) is 4. The topological polar surface area (TPSA) is 122 Å². The van der Waals surface area contributed by atoms with Crippen LogP contribution in [-0.4, -0.2) is 26.0 Å². The predicted octanol–water partition coefficient (Wildman–Crippen LogP) is 0.755. The van der Waals surface area contributed by atoms with Gasteiger partial charge in [-0.05, 0) is 31.9 Å². The second-order valence-electron chi connectivity index (χ2n) is 5.16. The molecule has 2 atom stereocenters. The Labute approximate surface area is 107 Å². The Morgan fingerprint density at radius 2 is 2.11 bits per heavy atom. The summed E-state index contributed by atoms with van der Waals surface area (Å²) in [5, 5.41) is 0. The molecule has 0 spiro atoms. The first-order chi connectivity index (χ1) is 8.11. The fourth-order valence-corrected chi connectivity index (χ4v) is 3.09. The molecule has 0 bridgehead atoms. The van der Waals surface area contributed by atoms with Gasteiger partial charge in [0.25, 0.3) is 0 Å². The van der Waals surface area contributed by atoms with E-state index >= 15 is 0 Å². The number of aromatic nitrogens is 1. The van der Waals surface area contributed by atoms with E-state index in [0.717, 1.165) is 0 Å². The molecule has 0 aromatic carbocycles. The first-order valence-electron chi connectivity index (χ1n) is 5.61. The van der Waals surface area contributed by atoms with Crippen molar-refractivity contribution in [3.63, 3.8) is 0 Å². The van der Waals surface area contributed by atoms with E-state index in [0.29, 0.717) is 5.56 Å². The maximum Gasteiger partial charge on any atom is 0.330 e. The van der Waals surface area contributed by atoms with Crippen LogP contribution in [0.25, 0.3) is 0 Å². The van der Waals surface area contributed by atoms with Crippen LogP contribution >= 0.6 is 7.60 Å². The van der Waals surface area contributed by atoms with Gasteiger partial charge in [0.2, 0.25) is 0 Å². The summed E-state index contributed by atoms with van der Waals surface area (Å²) < 4.78 is 11.6. The zero-order valence-electron chi connectivity index (χ0n) is 10.5. The van der Waals surface area contributed by atoms with Crippen LogP contribution in [0, 0.1) is 0 Å². The summed E-state index contributed by atoms with van der Waals surface area (Å²) in [4.78, 5) is 22.8. The Bertz CT molecular complexity index is 427. The third-order valence-electron chi connectivity index (χ3n) is 2.65. The van der Waals surface area contributed by atoms with Crippen molar-refractivity contribution in [1.82, 2.24) is 4.98 Å². The molecule has 0 aliphatic heterocycles. The molecule has 0 aliphatic carbocycles. The molecular weight excluding hydrogens is 253 g/mol. The van der Waals surface area contributed by atoms with Gasteiger partial charge >= 0.3 is 7.60 Å². The van der Waals surface area contributed by atoms with Crippen LogP contribution in [0.5, 0.6) is 0 Å².